The molecule has 2 atom stereocenters. The normalized spacial score (nSPS) is 26.0. The van der Waals surface area contributed by atoms with Crippen molar-refractivity contribution in [1.82, 2.24) is 4.90 Å². The Kier molecular flexibility index (Phi) is 5.24. The first-order valence-corrected chi connectivity index (χ1v) is 6.12. The predicted molar refractivity (Wildman–Crippen MR) is 63.5 cm³/mol. The molecule has 82 valence electrons. The van der Waals surface area contributed by atoms with Gasteiger partial charge in [-0.15, -0.1) is 6.58 Å². The van der Waals surface area contributed by atoms with Crippen LogP contribution in [0.3, 0.4) is 0 Å². The molecule has 1 unspecified atom stereocenters. The van der Waals surface area contributed by atoms with Crippen molar-refractivity contribution >= 4 is 0 Å². The summed E-state index contributed by atoms with van der Waals surface area (Å²) in [6.45, 7) is 11.1. The highest BCUT2D eigenvalue weighted by molar-refractivity contribution is 4.79. The first-order valence-electron chi connectivity index (χ1n) is 6.12. The van der Waals surface area contributed by atoms with E-state index in [1.165, 1.54) is 45.2 Å². The molecule has 0 saturated carbocycles. The molecular formula is C13H25N. The topological polar surface area (TPSA) is 3.24 Å². The van der Waals surface area contributed by atoms with E-state index >= 15 is 0 Å². The molecule has 0 radical (unpaired) electrons. The molecule has 1 nitrogen and oxygen atoms in total. The molecule has 14 heavy (non-hydrogen) atoms. The van der Waals surface area contributed by atoms with Gasteiger partial charge >= 0.3 is 0 Å². The fourth-order valence-electron chi connectivity index (χ4n) is 2.37. The molecule has 1 heterocycles. The minimum absolute atomic E-state index is 0.808. The van der Waals surface area contributed by atoms with E-state index in [9.17, 15) is 0 Å². The molecule has 0 bridgehead atoms. The van der Waals surface area contributed by atoms with Crippen LogP contribution in [0.5, 0.6) is 0 Å². The summed E-state index contributed by atoms with van der Waals surface area (Å²) in [7, 11) is 0. The lowest BCUT2D eigenvalue weighted by molar-refractivity contribution is 0.135. The molecule has 0 aromatic rings. The minimum atomic E-state index is 0.808. The number of hydrogen-bond acceptors (Lipinski definition) is 1. The number of piperidine rings is 1. The van der Waals surface area contributed by atoms with Gasteiger partial charge in [0.1, 0.15) is 0 Å². The quantitative estimate of drug-likeness (QED) is 0.607. The molecular weight excluding hydrogens is 170 g/mol. The summed E-state index contributed by atoms with van der Waals surface area (Å²) in [6.07, 6.45) is 8.76. The summed E-state index contributed by atoms with van der Waals surface area (Å²) in [5, 5.41) is 0. The van der Waals surface area contributed by atoms with E-state index in [0.29, 0.717) is 0 Å². The van der Waals surface area contributed by atoms with Crippen LogP contribution in [-0.4, -0.2) is 24.0 Å². The van der Waals surface area contributed by atoms with Crippen molar-refractivity contribution in [2.24, 2.45) is 5.92 Å². The van der Waals surface area contributed by atoms with Gasteiger partial charge in [0.15, 0.2) is 0 Å². The summed E-state index contributed by atoms with van der Waals surface area (Å²) in [6, 6.07) is 0.808. The fraction of sp³-hybridized carbons (Fsp3) is 0.846. The molecule has 0 aromatic heterocycles. The van der Waals surface area contributed by atoms with Gasteiger partial charge in [0.2, 0.25) is 0 Å². The molecule has 0 aliphatic carbocycles. The molecule has 1 fully saturated rings. The monoisotopic (exact) mass is 195 g/mol. The van der Waals surface area contributed by atoms with Crippen molar-refractivity contribution in [2.75, 3.05) is 13.1 Å². The largest absolute Gasteiger partial charge is 0.300 e. The third-order valence-electron chi connectivity index (χ3n) is 3.51. The Balaban J connectivity index is 2.35. The second kappa shape index (κ2) is 6.23. The van der Waals surface area contributed by atoms with Crippen LogP contribution in [0.4, 0.5) is 0 Å². The second-order valence-corrected chi connectivity index (χ2v) is 4.64. The zero-order valence-electron chi connectivity index (χ0n) is 9.84. The van der Waals surface area contributed by atoms with Gasteiger partial charge in [-0.25, -0.2) is 0 Å². The Morgan fingerprint density at radius 1 is 1.50 bits per heavy atom. The van der Waals surface area contributed by atoms with E-state index in [2.05, 4.69) is 31.4 Å². The van der Waals surface area contributed by atoms with Crippen LogP contribution in [0.1, 0.15) is 46.0 Å². The van der Waals surface area contributed by atoms with Crippen LogP contribution >= 0.6 is 0 Å². The van der Waals surface area contributed by atoms with E-state index in [1.807, 2.05) is 0 Å². The molecule has 1 aliphatic heterocycles. The van der Waals surface area contributed by atoms with Crippen LogP contribution < -0.4 is 0 Å². The van der Waals surface area contributed by atoms with Crippen molar-refractivity contribution < 1.29 is 0 Å². The number of nitrogens with zero attached hydrogens (tertiary/aromatic N) is 1. The van der Waals surface area contributed by atoms with Crippen molar-refractivity contribution in [2.45, 2.75) is 52.0 Å². The summed E-state index contributed by atoms with van der Waals surface area (Å²) < 4.78 is 0. The third kappa shape index (κ3) is 3.45. The average molecular weight is 195 g/mol. The molecule has 1 rings (SSSR count). The van der Waals surface area contributed by atoms with Crippen LogP contribution in [0.25, 0.3) is 0 Å². The molecule has 0 N–H and O–H groups in total. The van der Waals surface area contributed by atoms with Gasteiger partial charge in [-0.05, 0) is 38.6 Å². The Labute approximate surface area is 89.2 Å². The van der Waals surface area contributed by atoms with Gasteiger partial charge in [-0.3, -0.25) is 0 Å². The Morgan fingerprint density at radius 3 is 2.86 bits per heavy atom. The van der Waals surface area contributed by atoms with E-state index in [0.717, 1.165) is 12.0 Å². The van der Waals surface area contributed by atoms with Crippen LogP contribution in [0.15, 0.2) is 12.7 Å². The maximum Gasteiger partial charge on any atom is 0.00670 e. The maximum absolute atomic E-state index is 3.84. The van der Waals surface area contributed by atoms with E-state index < -0.39 is 0 Å². The van der Waals surface area contributed by atoms with Crippen LogP contribution in [-0.2, 0) is 0 Å². The Bertz CT molecular complexity index is 165. The molecule has 1 aliphatic rings. The fourth-order valence-corrected chi connectivity index (χ4v) is 2.37. The van der Waals surface area contributed by atoms with Crippen molar-refractivity contribution in [3.8, 4) is 0 Å². The van der Waals surface area contributed by atoms with Crippen LogP contribution in [0.2, 0.25) is 0 Å². The lowest BCUT2D eigenvalue weighted by atomic mass is 9.97. The number of hydrogen-bond donors (Lipinski definition) is 0. The van der Waals surface area contributed by atoms with E-state index in [1.54, 1.807) is 0 Å². The molecule has 0 amide bonds. The van der Waals surface area contributed by atoms with Crippen molar-refractivity contribution in [1.29, 1.82) is 0 Å². The minimum Gasteiger partial charge on any atom is -0.300 e. The number of allylic oxidation sites excluding steroid dienone is 1. The van der Waals surface area contributed by atoms with Gasteiger partial charge in [-0.1, -0.05) is 25.8 Å². The van der Waals surface area contributed by atoms with E-state index in [-0.39, 0.29) is 0 Å². The molecule has 0 spiro atoms. The summed E-state index contributed by atoms with van der Waals surface area (Å²) in [5.74, 6) is 0.827. The summed E-state index contributed by atoms with van der Waals surface area (Å²) in [5.41, 5.74) is 0. The lowest BCUT2D eigenvalue weighted by Gasteiger charge is -2.35. The molecule has 0 aromatic carbocycles. The molecule has 1 saturated heterocycles. The summed E-state index contributed by atoms with van der Waals surface area (Å²) in [4.78, 5) is 2.67. The third-order valence-corrected chi connectivity index (χ3v) is 3.51. The predicted octanol–water partition coefficient (Wildman–Crippen LogP) is 3.46. The zero-order valence-corrected chi connectivity index (χ0v) is 9.84. The average Bonchev–Trinajstić information content (AvgIpc) is 2.20. The van der Waals surface area contributed by atoms with Crippen molar-refractivity contribution in [3.63, 3.8) is 0 Å². The summed E-state index contributed by atoms with van der Waals surface area (Å²) >= 11 is 0. The van der Waals surface area contributed by atoms with Gasteiger partial charge < -0.3 is 4.90 Å². The highest BCUT2D eigenvalue weighted by Gasteiger charge is 2.20. The Hall–Kier alpha value is -0.300. The van der Waals surface area contributed by atoms with Gasteiger partial charge in [0.05, 0.1) is 0 Å². The number of likely N-dealkylation sites (tertiary alicyclic amines) is 1. The highest BCUT2D eigenvalue weighted by Crippen LogP contribution is 2.20. The SMILES string of the molecule is C=CCC(CC)CN1CCCC[C@H]1C. The first kappa shape index (κ1) is 11.8. The second-order valence-electron chi connectivity index (χ2n) is 4.64. The lowest BCUT2D eigenvalue weighted by Crippen LogP contribution is -2.40. The highest BCUT2D eigenvalue weighted by atomic mass is 15.2. The first-order chi connectivity index (χ1) is 6.77. The Morgan fingerprint density at radius 2 is 2.29 bits per heavy atom. The van der Waals surface area contributed by atoms with Gasteiger partial charge in [0.25, 0.3) is 0 Å². The smallest absolute Gasteiger partial charge is 0.00670 e. The standard InChI is InChI=1S/C13H25N/c1-4-8-13(5-2)11-14-10-7-6-9-12(14)3/h4,12-13H,1,5-11H2,2-3H3/t12-,13?/m1/s1. The maximum atomic E-state index is 3.84. The van der Waals surface area contributed by atoms with Gasteiger partial charge in [0, 0.05) is 12.6 Å². The number of rotatable bonds is 5. The van der Waals surface area contributed by atoms with Crippen LogP contribution in [0, 0.1) is 5.92 Å². The van der Waals surface area contributed by atoms with E-state index in [4.69, 9.17) is 0 Å². The zero-order chi connectivity index (χ0) is 10.4. The van der Waals surface area contributed by atoms with Gasteiger partial charge in [-0.2, -0.15) is 0 Å². The molecule has 1 heteroatoms. The van der Waals surface area contributed by atoms with Crippen molar-refractivity contribution in [3.05, 3.63) is 12.7 Å².